The van der Waals surface area contributed by atoms with Gasteiger partial charge in [-0.05, 0) is 51.1 Å². The van der Waals surface area contributed by atoms with Crippen LogP contribution in [0.1, 0.15) is 39.0 Å². The zero-order chi connectivity index (χ0) is 14.6. The summed E-state index contributed by atoms with van der Waals surface area (Å²) in [5.74, 6) is 0.225. The number of primary amides is 1. The van der Waals surface area contributed by atoms with E-state index in [4.69, 9.17) is 10.5 Å². The highest BCUT2D eigenvalue weighted by molar-refractivity contribution is 5.86. The fraction of sp³-hybridized carbons (Fsp3) is 0.933. The molecule has 2 atom stereocenters. The predicted molar refractivity (Wildman–Crippen MR) is 79.4 cm³/mol. The first kappa shape index (κ1) is 15.7. The third-order valence-corrected chi connectivity index (χ3v) is 4.67. The second-order valence-corrected chi connectivity index (χ2v) is 6.27. The first-order valence-electron chi connectivity index (χ1n) is 7.92. The van der Waals surface area contributed by atoms with Gasteiger partial charge in [-0.3, -0.25) is 9.69 Å². The number of nitrogens with one attached hydrogen (secondary N) is 1. The van der Waals surface area contributed by atoms with Gasteiger partial charge in [0, 0.05) is 20.2 Å². The molecule has 0 spiro atoms. The molecule has 0 bridgehead atoms. The van der Waals surface area contributed by atoms with Crippen LogP contribution in [0.25, 0.3) is 0 Å². The van der Waals surface area contributed by atoms with Crippen molar-refractivity contribution in [2.75, 3.05) is 33.3 Å². The van der Waals surface area contributed by atoms with Gasteiger partial charge in [-0.2, -0.15) is 0 Å². The highest BCUT2D eigenvalue weighted by atomic mass is 16.5. The molecular formula is C15H29N3O2. The van der Waals surface area contributed by atoms with Crippen LogP contribution in [0.2, 0.25) is 0 Å². The van der Waals surface area contributed by atoms with Crippen LogP contribution in [0.3, 0.4) is 0 Å². The Hall–Kier alpha value is -0.650. The number of likely N-dealkylation sites (tertiary alicyclic amines) is 1. The summed E-state index contributed by atoms with van der Waals surface area (Å²) in [7, 11) is 1.77. The number of rotatable bonds is 8. The highest BCUT2D eigenvalue weighted by Crippen LogP contribution is 2.40. The molecule has 0 aromatic heterocycles. The molecular weight excluding hydrogens is 254 g/mol. The van der Waals surface area contributed by atoms with Crippen molar-refractivity contribution in [2.24, 2.45) is 11.7 Å². The van der Waals surface area contributed by atoms with Crippen LogP contribution in [0.15, 0.2) is 0 Å². The summed E-state index contributed by atoms with van der Waals surface area (Å²) < 4.78 is 5.48. The summed E-state index contributed by atoms with van der Waals surface area (Å²) in [6, 6.07) is 0. The molecule has 2 unspecified atom stereocenters. The summed E-state index contributed by atoms with van der Waals surface area (Å²) in [6.07, 6.45) is 5.78. The Morgan fingerprint density at radius 1 is 1.45 bits per heavy atom. The lowest BCUT2D eigenvalue weighted by atomic mass is 9.90. The van der Waals surface area contributed by atoms with Gasteiger partial charge in [-0.15, -0.1) is 0 Å². The number of amides is 1. The van der Waals surface area contributed by atoms with Crippen molar-refractivity contribution in [2.45, 2.75) is 50.7 Å². The average molecular weight is 283 g/mol. The Bertz CT molecular complexity index is 333. The van der Waals surface area contributed by atoms with Crippen LogP contribution < -0.4 is 11.1 Å². The summed E-state index contributed by atoms with van der Waals surface area (Å²) in [5.41, 5.74) is 5.24. The molecule has 0 aromatic carbocycles. The number of carbonyl (C=O) groups is 1. The number of methoxy groups -OCH3 is 1. The van der Waals surface area contributed by atoms with Gasteiger partial charge in [0.2, 0.25) is 5.91 Å². The third-order valence-electron chi connectivity index (χ3n) is 4.67. The number of ether oxygens (including phenoxy) is 1. The van der Waals surface area contributed by atoms with E-state index in [-0.39, 0.29) is 5.91 Å². The third kappa shape index (κ3) is 3.51. The van der Waals surface area contributed by atoms with E-state index in [9.17, 15) is 4.79 Å². The Balaban J connectivity index is 2.04. The molecule has 5 nitrogen and oxygen atoms in total. The second-order valence-electron chi connectivity index (χ2n) is 6.27. The summed E-state index contributed by atoms with van der Waals surface area (Å²) in [6.45, 7) is 5.64. The molecule has 1 aliphatic carbocycles. The van der Waals surface area contributed by atoms with Gasteiger partial charge < -0.3 is 15.8 Å². The number of carbonyl (C=O) groups excluding carboxylic acids is 1. The lowest BCUT2D eigenvalue weighted by Crippen LogP contribution is -2.64. The van der Waals surface area contributed by atoms with E-state index in [0.717, 1.165) is 58.3 Å². The number of hydrogen-bond donors (Lipinski definition) is 2. The minimum absolute atomic E-state index is 0.187. The van der Waals surface area contributed by atoms with Crippen molar-refractivity contribution in [1.29, 1.82) is 0 Å². The zero-order valence-electron chi connectivity index (χ0n) is 12.9. The van der Waals surface area contributed by atoms with Crippen LogP contribution in [0.4, 0.5) is 0 Å². The first-order valence-corrected chi connectivity index (χ1v) is 7.92. The van der Waals surface area contributed by atoms with Crippen molar-refractivity contribution in [3.8, 4) is 0 Å². The van der Waals surface area contributed by atoms with E-state index in [1.54, 1.807) is 7.11 Å². The van der Waals surface area contributed by atoms with Gasteiger partial charge in [0.05, 0.1) is 6.10 Å². The van der Waals surface area contributed by atoms with Gasteiger partial charge in [0.1, 0.15) is 5.54 Å². The minimum Gasteiger partial charge on any atom is -0.380 e. The quantitative estimate of drug-likeness (QED) is 0.689. The van der Waals surface area contributed by atoms with E-state index in [2.05, 4.69) is 17.1 Å². The van der Waals surface area contributed by atoms with Crippen LogP contribution >= 0.6 is 0 Å². The Morgan fingerprint density at radius 3 is 2.75 bits per heavy atom. The van der Waals surface area contributed by atoms with Gasteiger partial charge in [0.15, 0.2) is 0 Å². The molecule has 1 heterocycles. The molecule has 0 radical (unpaired) electrons. The Morgan fingerprint density at radius 2 is 2.20 bits per heavy atom. The summed E-state index contributed by atoms with van der Waals surface area (Å²) in [5, 5.41) is 3.47. The molecule has 20 heavy (non-hydrogen) atoms. The summed E-state index contributed by atoms with van der Waals surface area (Å²) >= 11 is 0. The molecule has 2 fully saturated rings. The number of piperidine rings is 1. The molecule has 1 amide bonds. The Kier molecular flexibility index (Phi) is 5.41. The highest BCUT2D eigenvalue weighted by Gasteiger charge is 2.50. The van der Waals surface area contributed by atoms with E-state index < -0.39 is 5.54 Å². The maximum Gasteiger partial charge on any atom is 0.239 e. The molecule has 1 aliphatic heterocycles. The normalized spacial score (nSPS) is 27.2. The molecule has 2 aliphatic rings. The molecule has 2 rings (SSSR count). The lowest BCUT2D eigenvalue weighted by Gasteiger charge is -2.40. The van der Waals surface area contributed by atoms with Gasteiger partial charge in [0.25, 0.3) is 0 Å². The predicted octanol–water partition coefficient (Wildman–Crippen LogP) is 0.731. The molecule has 1 saturated heterocycles. The van der Waals surface area contributed by atoms with E-state index >= 15 is 0 Å². The molecule has 116 valence electrons. The number of nitrogens with zero attached hydrogens (tertiary/aromatic N) is 1. The maximum atomic E-state index is 12.1. The van der Waals surface area contributed by atoms with Crippen molar-refractivity contribution in [1.82, 2.24) is 10.2 Å². The minimum atomic E-state index is -0.536. The zero-order valence-corrected chi connectivity index (χ0v) is 12.9. The molecule has 1 saturated carbocycles. The first-order chi connectivity index (χ1) is 9.62. The van der Waals surface area contributed by atoms with E-state index in [0.29, 0.717) is 12.0 Å². The average Bonchev–Trinajstić information content (AvgIpc) is 3.28. The topological polar surface area (TPSA) is 67.6 Å². The summed E-state index contributed by atoms with van der Waals surface area (Å²) in [4.78, 5) is 14.5. The fourth-order valence-electron chi connectivity index (χ4n) is 3.32. The molecule has 5 heteroatoms. The second kappa shape index (κ2) is 6.87. The van der Waals surface area contributed by atoms with E-state index in [1.807, 2.05) is 0 Å². The number of nitrogens with two attached hydrogens (primary N) is 1. The van der Waals surface area contributed by atoms with Crippen LogP contribution in [0.5, 0.6) is 0 Å². The SMILES string of the molecule is CCCNC(CN1CCCC(OC)C1)(C(N)=O)C1CC1. The van der Waals surface area contributed by atoms with Crippen molar-refractivity contribution in [3.63, 3.8) is 0 Å². The Labute approximate surface area is 122 Å². The smallest absolute Gasteiger partial charge is 0.239 e. The van der Waals surface area contributed by atoms with Crippen molar-refractivity contribution >= 4 is 5.91 Å². The van der Waals surface area contributed by atoms with Crippen LogP contribution in [0, 0.1) is 5.92 Å². The fourth-order valence-corrected chi connectivity index (χ4v) is 3.32. The van der Waals surface area contributed by atoms with Crippen LogP contribution in [-0.4, -0.2) is 55.7 Å². The molecule has 3 N–H and O–H groups in total. The van der Waals surface area contributed by atoms with Gasteiger partial charge in [-0.1, -0.05) is 6.92 Å². The number of hydrogen-bond acceptors (Lipinski definition) is 4. The lowest BCUT2D eigenvalue weighted by molar-refractivity contribution is -0.126. The van der Waals surface area contributed by atoms with Gasteiger partial charge in [-0.25, -0.2) is 0 Å². The molecule has 0 aromatic rings. The van der Waals surface area contributed by atoms with Crippen molar-refractivity contribution < 1.29 is 9.53 Å². The van der Waals surface area contributed by atoms with E-state index in [1.165, 1.54) is 0 Å². The van der Waals surface area contributed by atoms with Gasteiger partial charge >= 0.3 is 0 Å². The van der Waals surface area contributed by atoms with Crippen LogP contribution in [-0.2, 0) is 9.53 Å². The monoisotopic (exact) mass is 283 g/mol. The maximum absolute atomic E-state index is 12.1. The standard InChI is InChI=1S/C15H29N3O2/c1-3-8-17-15(14(16)19,12-6-7-12)11-18-9-4-5-13(10-18)20-2/h12-13,17H,3-11H2,1-2H3,(H2,16,19). The largest absolute Gasteiger partial charge is 0.380 e. The van der Waals surface area contributed by atoms with Crippen molar-refractivity contribution in [3.05, 3.63) is 0 Å².